The van der Waals surface area contributed by atoms with E-state index < -0.39 is 4.87 Å². The van der Waals surface area contributed by atoms with E-state index in [0.29, 0.717) is 6.67 Å². The number of anilines is 2. The number of fused-ring (bicyclic) bond motifs is 2. The van der Waals surface area contributed by atoms with Gasteiger partial charge in [0.05, 0.1) is 17.6 Å². The van der Waals surface area contributed by atoms with Gasteiger partial charge in [-0.1, -0.05) is 42.8 Å². The number of carbonyl (C=O) groups is 2. The molecular formula is C23H25N3O2S. The molecule has 2 saturated heterocycles. The summed E-state index contributed by atoms with van der Waals surface area (Å²) in [5, 5.41) is -0.276. The van der Waals surface area contributed by atoms with Crippen LogP contribution in [0.1, 0.15) is 31.7 Å². The smallest absolute Gasteiger partial charge is 0.269 e. The average molecular weight is 408 g/mol. The lowest BCUT2D eigenvalue weighted by molar-refractivity contribution is -0.124. The first kappa shape index (κ1) is 18.7. The Bertz CT molecular complexity index is 944. The van der Waals surface area contributed by atoms with E-state index in [0.717, 1.165) is 30.0 Å². The number of hydrogen-bond donors (Lipinski definition) is 0. The van der Waals surface area contributed by atoms with Crippen molar-refractivity contribution in [3.8, 4) is 0 Å². The quantitative estimate of drug-likeness (QED) is 0.776. The Balaban J connectivity index is 1.62. The van der Waals surface area contributed by atoms with Crippen molar-refractivity contribution in [1.29, 1.82) is 0 Å². The molecular weight excluding hydrogens is 382 g/mol. The summed E-state index contributed by atoms with van der Waals surface area (Å²) in [7, 11) is 0. The molecule has 2 atom stereocenters. The van der Waals surface area contributed by atoms with Gasteiger partial charge in [0.15, 0.2) is 0 Å². The van der Waals surface area contributed by atoms with E-state index in [4.69, 9.17) is 0 Å². The number of amides is 2. The number of thioether (sulfide) groups is 1. The van der Waals surface area contributed by atoms with Crippen LogP contribution in [0.2, 0.25) is 0 Å². The van der Waals surface area contributed by atoms with E-state index in [1.165, 1.54) is 31.0 Å². The SMILES string of the molecule is C[C@H]1S[C@@]2(C(=O)N(CN3CCCCC3)c3ccccc32)N(c2ccccc2)C1=O. The lowest BCUT2D eigenvalue weighted by atomic mass is 10.0. The summed E-state index contributed by atoms with van der Waals surface area (Å²) in [4.78, 5) is 32.2. The van der Waals surface area contributed by atoms with E-state index in [1.807, 2.05) is 66.4 Å². The van der Waals surface area contributed by atoms with Gasteiger partial charge in [-0.05, 0) is 51.1 Å². The topological polar surface area (TPSA) is 43.9 Å². The fourth-order valence-corrected chi connectivity index (χ4v) is 6.29. The van der Waals surface area contributed by atoms with E-state index in [1.54, 1.807) is 4.90 Å². The number of para-hydroxylation sites is 2. The third kappa shape index (κ3) is 2.81. The van der Waals surface area contributed by atoms with Crippen molar-refractivity contribution >= 4 is 35.0 Å². The summed E-state index contributed by atoms with van der Waals surface area (Å²) in [6.45, 7) is 4.53. The Morgan fingerprint density at radius 3 is 2.41 bits per heavy atom. The molecule has 3 aliphatic heterocycles. The van der Waals surface area contributed by atoms with Crippen LogP contribution in [0.4, 0.5) is 11.4 Å². The standard InChI is InChI=1S/C23H25N3O2S/c1-17-21(27)26(18-10-4-2-5-11-18)23(29-17)19-12-6-7-13-20(19)25(22(23)28)16-24-14-8-3-9-15-24/h2,4-7,10-13,17H,3,8-9,14-16H2,1H3/t17-,23+/m1/s1. The molecule has 6 heteroatoms. The summed E-state index contributed by atoms with van der Waals surface area (Å²) in [5.41, 5.74) is 2.63. The third-order valence-corrected chi connectivity index (χ3v) is 7.60. The predicted octanol–water partition coefficient (Wildman–Crippen LogP) is 3.80. The van der Waals surface area contributed by atoms with Crippen LogP contribution >= 0.6 is 11.8 Å². The second-order valence-corrected chi connectivity index (χ2v) is 9.52. The summed E-state index contributed by atoms with van der Waals surface area (Å²) >= 11 is 1.47. The van der Waals surface area contributed by atoms with Crippen LogP contribution in [-0.2, 0) is 14.5 Å². The molecule has 2 aromatic rings. The Morgan fingerprint density at radius 2 is 1.66 bits per heavy atom. The number of likely N-dealkylation sites (tertiary alicyclic amines) is 1. The first-order valence-electron chi connectivity index (χ1n) is 10.3. The molecule has 0 N–H and O–H groups in total. The summed E-state index contributed by atoms with van der Waals surface area (Å²) in [6, 6.07) is 17.6. The maximum Gasteiger partial charge on any atom is 0.269 e. The third-order valence-electron chi connectivity index (χ3n) is 6.13. The molecule has 3 aliphatic rings. The Kier molecular flexibility index (Phi) is 4.63. The maximum atomic E-state index is 14.0. The highest BCUT2D eigenvalue weighted by Gasteiger charge is 2.63. The highest BCUT2D eigenvalue weighted by atomic mass is 32.2. The number of hydrogen-bond acceptors (Lipinski definition) is 4. The molecule has 5 rings (SSSR count). The lowest BCUT2D eigenvalue weighted by Gasteiger charge is -2.35. The number of carbonyl (C=O) groups excluding carboxylic acids is 2. The molecule has 0 unspecified atom stereocenters. The summed E-state index contributed by atoms with van der Waals surface area (Å²) in [5.74, 6) is -0.0139. The molecule has 150 valence electrons. The molecule has 0 aromatic heterocycles. The zero-order valence-corrected chi connectivity index (χ0v) is 17.4. The van der Waals surface area contributed by atoms with Crippen molar-refractivity contribution in [3.63, 3.8) is 0 Å². The van der Waals surface area contributed by atoms with Crippen LogP contribution in [0.5, 0.6) is 0 Å². The van der Waals surface area contributed by atoms with Gasteiger partial charge >= 0.3 is 0 Å². The second-order valence-electron chi connectivity index (χ2n) is 7.98. The van der Waals surface area contributed by atoms with Crippen LogP contribution in [-0.4, -0.2) is 41.7 Å². The molecule has 29 heavy (non-hydrogen) atoms. The minimum Gasteiger partial charge on any atom is -0.295 e. The maximum absolute atomic E-state index is 14.0. The lowest BCUT2D eigenvalue weighted by Crippen LogP contribution is -2.52. The summed E-state index contributed by atoms with van der Waals surface area (Å²) in [6.07, 6.45) is 3.61. The number of nitrogens with zero attached hydrogens (tertiary/aromatic N) is 3. The fourth-order valence-electron chi connectivity index (χ4n) is 4.76. The van der Waals surface area contributed by atoms with Crippen LogP contribution in [0.3, 0.4) is 0 Å². The van der Waals surface area contributed by atoms with E-state index in [2.05, 4.69) is 4.90 Å². The van der Waals surface area contributed by atoms with Gasteiger partial charge in [-0.3, -0.25) is 24.3 Å². The first-order chi connectivity index (χ1) is 14.1. The molecule has 2 amide bonds. The van der Waals surface area contributed by atoms with Gasteiger partial charge in [-0.2, -0.15) is 0 Å². The van der Waals surface area contributed by atoms with Crippen molar-refractivity contribution in [2.75, 3.05) is 29.6 Å². The van der Waals surface area contributed by atoms with Crippen LogP contribution < -0.4 is 9.80 Å². The van der Waals surface area contributed by atoms with E-state index >= 15 is 0 Å². The van der Waals surface area contributed by atoms with Crippen LogP contribution in [0.25, 0.3) is 0 Å². The Labute approximate surface area is 175 Å². The van der Waals surface area contributed by atoms with Gasteiger partial charge in [-0.25, -0.2) is 0 Å². The normalized spacial score (nSPS) is 27.1. The molecule has 0 bridgehead atoms. The second kappa shape index (κ2) is 7.18. The van der Waals surface area contributed by atoms with Gasteiger partial charge in [0.1, 0.15) is 0 Å². The first-order valence-corrected chi connectivity index (χ1v) is 11.2. The predicted molar refractivity (Wildman–Crippen MR) is 117 cm³/mol. The van der Waals surface area contributed by atoms with Gasteiger partial charge in [0.25, 0.3) is 5.91 Å². The Morgan fingerprint density at radius 1 is 0.966 bits per heavy atom. The zero-order chi connectivity index (χ0) is 20.0. The minimum absolute atomic E-state index is 0.00386. The van der Waals surface area contributed by atoms with Gasteiger partial charge in [0.2, 0.25) is 10.8 Å². The monoisotopic (exact) mass is 407 g/mol. The van der Waals surface area contributed by atoms with Crippen LogP contribution in [0, 0.1) is 0 Å². The molecule has 2 fully saturated rings. The molecule has 0 aliphatic carbocycles. The number of benzene rings is 2. The zero-order valence-electron chi connectivity index (χ0n) is 16.6. The highest BCUT2D eigenvalue weighted by Crippen LogP contribution is 2.57. The molecule has 0 saturated carbocycles. The largest absolute Gasteiger partial charge is 0.295 e. The molecule has 2 aromatic carbocycles. The average Bonchev–Trinajstić information content (AvgIpc) is 3.16. The fraction of sp³-hybridized carbons (Fsp3) is 0.391. The molecule has 1 spiro atoms. The van der Waals surface area contributed by atoms with E-state index in [9.17, 15) is 9.59 Å². The van der Waals surface area contributed by atoms with Gasteiger partial charge in [0, 0.05) is 11.3 Å². The van der Waals surface area contributed by atoms with Crippen molar-refractivity contribution in [3.05, 3.63) is 60.2 Å². The van der Waals surface area contributed by atoms with Gasteiger partial charge in [-0.15, -0.1) is 11.8 Å². The van der Waals surface area contributed by atoms with E-state index in [-0.39, 0.29) is 17.1 Å². The van der Waals surface area contributed by atoms with Crippen LogP contribution in [0.15, 0.2) is 54.6 Å². The summed E-state index contributed by atoms with van der Waals surface area (Å²) < 4.78 is 0. The van der Waals surface area contributed by atoms with Crippen molar-refractivity contribution in [1.82, 2.24) is 4.90 Å². The number of rotatable bonds is 3. The van der Waals surface area contributed by atoms with Crippen molar-refractivity contribution in [2.24, 2.45) is 0 Å². The molecule has 3 heterocycles. The minimum atomic E-state index is -1.02. The van der Waals surface area contributed by atoms with Crippen molar-refractivity contribution in [2.45, 2.75) is 36.3 Å². The van der Waals surface area contributed by atoms with Gasteiger partial charge < -0.3 is 0 Å². The molecule has 5 nitrogen and oxygen atoms in total. The van der Waals surface area contributed by atoms with Crippen molar-refractivity contribution < 1.29 is 9.59 Å². The Hall–Kier alpha value is -2.31. The number of piperidine rings is 1. The highest BCUT2D eigenvalue weighted by molar-refractivity contribution is 8.03. The molecule has 0 radical (unpaired) electrons.